The number of hydrogen-bond donors (Lipinski definition) is 2. The molecule has 0 bridgehead atoms. The molecule has 98 valence electrons. The fourth-order valence-electron chi connectivity index (χ4n) is 3.34. The Morgan fingerprint density at radius 1 is 1.12 bits per heavy atom. The van der Waals surface area contributed by atoms with Gasteiger partial charge in [-0.25, -0.2) is 4.79 Å². The number of carbonyl (C=O) groups excluding carboxylic acids is 1. The molecule has 0 spiro atoms. The van der Waals surface area contributed by atoms with Gasteiger partial charge in [0.05, 0.1) is 0 Å². The average molecular weight is 238 g/mol. The molecule has 3 nitrogen and oxygen atoms in total. The van der Waals surface area contributed by atoms with Gasteiger partial charge in [0, 0.05) is 12.6 Å². The van der Waals surface area contributed by atoms with Crippen LogP contribution in [0.2, 0.25) is 0 Å². The molecule has 0 saturated heterocycles. The van der Waals surface area contributed by atoms with Crippen LogP contribution >= 0.6 is 0 Å². The molecule has 0 radical (unpaired) electrons. The lowest BCUT2D eigenvalue weighted by atomic mass is 10.0. The van der Waals surface area contributed by atoms with E-state index in [9.17, 15) is 4.79 Å². The largest absolute Gasteiger partial charge is 0.338 e. The summed E-state index contributed by atoms with van der Waals surface area (Å²) < 4.78 is 0. The molecule has 0 aromatic heterocycles. The van der Waals surface area contributed by atoms with E-state index in [-0.39, 0.29) is 6.03 Å². The first-order valence-electron chi connectivity index (χ1n) is 6.90. The first-order chi connectivity index (χ1) is 7.85. The molecule has 0 heterocycles. The molecule has 2 saturated carbocycles. The van der Waals surface area contributed by atoms with E-state index < -0.39 is 0 Å². The van der Waals surface area contributed by atoms with Gasteiger partial charge in [0.2, 0.25) is 0 Å². The summed E-state index contributed by atoms with van der Waals surface area (Å²) in [5.41, 5.74) is 0.710. The predicted octanol–water partition coefficient (Wildman–Crippen LogP) is 2.91. The highest BCUT2D eigenvalue weighted by molar-refractivity contribution is 5.74. The molecular weight excluding hydrogens is 212 g/mol. The van der Waals surface area contributed by atoms with Crippen LogP contribution in [-0.2, 0) is 0 Å². The molecule has 2 N–H and O–H groups in total. The molecule has 2 aliphatic rings. The third kappa shape index (κ3) is 2.29. The second-order valence-corrected chi connectivity index (χ2v) is 6.83. The van der Waals surface area contributed by atoms with Crippen LogP contribution in [0.4, 0.5) is 4.79 Å². The maximum absolute atomic E-state index is 11.7. The number of amides is 2. The van der Waals surface area contributed by atoms with Crippen LogP contribution in [0.25, 0.3) is 0 Å². The Kier molecular flexibility index (Phi) is 3.13. The normalized spacial score (nSPS) is 26.8. The van der Waals surface area contributed by atoms with Crippen LogP contribution in [0.3, 0.4) is 0 Å². The molecule has 17 heavy (non-hydrogen) atoms. The SMILES string of the molecule is CC1(C)C(CNC(=O)NC2CCCC2)C1(C)C. The summed E-state index contributed by atoms with van der Waals surface area (Å²) in [5.74, 6) is 0.601. The lowest BCUT2D eigenvalue weighted by Gasteiger charge is -2.13. The molecule has 0 unspecified atom stereocenters. The molecule has 0 aromatic rings. The highest BCUT2D eigenvalue weighted by Crippen LogP contribution is 2.67. The molecular formula is C14H26N2O. The van der Waals surface area contributed by atoms with Crippen LogP contribution in [-0.4, -0.2) is 18.6 Å². The van der Waals surface area contributed by atoms with Gasteiger partial charge >= 0.3 is 6.03 Å². The first-order valence-corrected chi connectivity index (χ1v) is 6.90. The van der Waals surface area contributed by atoms with Crippen molar-refractivity contribution in [3.8, 4) is 0 Å². The predicted molar refractivity (Wildman–Crippen MR) is 69.8 cm³/mol. The van der Waals surface area contributed by atoms with Gasteiger partial charge in [-0.3, -0.25) is 0 Å². The van der Waals surface area contributed by atoms with E-state index >= 15 is 0 Å². The van der Waals surface area contributed by atoms with Gasteiger partial charge in [0.15, 0.2) is 0 Å². The second kappa shape index (κ2) is 4.18. The Bertz CT molecular complexity index is 289. The Labute approximate surface area is 105 Å². The fraction of sp³-hybridized carbons (Fsp3) is 0.929. The molecule has 3 heteroatoms. The Morgan fingerprint density at radius 3 is 2.12 bits per heavy atom. The third-order valence-corrected chi connectivity index (χ3v) is 5.48. The fourth-order valence-corrected chi connectivity index (χ4v) is 3.34. The van der Waals surface area contributed by atoms with Crippen molar-refractivity contribution in [2.45, 2.75) is 59.4 Å². The van der Waals surface area contributed by atoms with Crippen molar-refractivity contribution in [3.05, 3.63) is 0 Å². The van der Waals surface area contributed by atoms with Gasteiger partial charge in [0.1, 0.15) is 0 Å². The Hall–Kier alpha value is -0.730. The number of nitrogens with one attached hydrogen (secondary N) is 2. The summed E-state index contributed by atoms with van der Waals surface area (Å²) in [7, 11) is 0. The molecule has 2 rings (SSSR count). The summed E-state index contributed by atoms with van der Waals surface area (Å²) in [4.78, 5) is 11.7. The topological polar surface area (TPSA) is 41.1 Å². The zero-order valence-electron chi connectivity index (χ0n) is 11.6. The van der Waals surface area contributed by atoms with Gasteiger partial charge in [-0.2, -0.15) is 0 Å². The Morgan fingerprint density at radius 2 is 1.65 bits per heavy atom. The summed E-state index contributed by atoms with van der Waals surface area (Å²) in [6.07, 6.45) is 4.81. The molecule has 0 aromatic carbocycles. The summed E-state index contributed by atoms with van der Waals surface area (Å²) in [6, 6.07) is 0.436. The number of rotatable bonds is 3. The monoisotopic (exact) mass is 238 g/mol. The van der Waals surface area contributed by atoms with Crippen molar-refractivity contribution in [1.29, 1.82) is 0 Å². The quantitative estimate of drug-likeness (QED) is 0.780. The van der Waals surface area contributed by atoms with Gasteiger partial charge < -0.3 is 10.6 Å². The summed E-state index contributed by atoms with van der Waals surface area (Å²) >= 11 is 0. The lowest BCUT2D eigenvalue weighted by molar-refractivity contribution is 0.236. The van der Waals surface area contributed by atoms with Crippen LogP contribution in [0.15, 0.2) is 0 Å². The zero-order valence-corrected chi connectivity index (χ0v) is 11.6. The second-order valence-electron chi connectivity index (χ2n) is 6.83. The molecule has 0 aliphatic heterocycles. The Balaban J connectivity index is 1.70. The van der Waals surface area contributed by atoms with Gasteiger partial charge in [-0.1, -0.05) is 40.5 Å². The average Bonchev–Trinajstić information content (AvgIpc) is 2.61. The standard InChI is InChI=1S/C14H26N2O/c1-13(2)11(14(13,3)4)9-15-12(17)16-10-7-5-6-8-10/h10-11H,5-9H2,1-4H3,(H2,15,16,17). The van der Waals surface area contributed by atoms with E-state index in [1.165, 1.54) is 12.8 Å². The number of urea groups is 1. The maximum Gasteiger partial charge on any atom is 0.315 e. The lowest BCUT2D eigenvalue weighted by Crippen LogP contribution is -2.42. The molecule has 2 aliphatic carbocycles. The summed E-state index contributed by atoms with van der Waals surface area (Å²) in [6.45, 7) is 9.95. The van der Waals surface area contributed by atoms with Crippen LogP contribution < -0.4 is 10.6 Å². The maximum atomic E-state index is 11.7. The molecule has 0 atom stereocenters. The van der Waals surface area contributed by atoms with Crippen molar-refractivity contribution >= 4 is 6.03 Å². The minimum absolute atomic E-state index is 0.0235. The van der Waals surface area contributed by atoms with Crippen molar-refractivity contribution in [3.63, 3.8) is 0 Å². The number of hydrogen-bond acceptors (Lipinski definition) is 1. The molecule has 2 amide bonds. The van der Waals surface area contributed by atoms with E-state index in [1.54, 1.807) is 0 Å². The van der Waals surface area contributed by atoms with Gasteiger partial charge in [-0.05, 0) is 29.6 Å². The minimum atomic E-state index is 0.0235. The van der Waals surface area contributed by atoms with E-state index in [4.69, 9.17) is 0 Å². The summed E-state index contributed by atoms with van der Waals surface area (Å²) in [5, 5.41) is 6.10. The van der Waals surface area contributed by atoms with Crippen LogP contribution in [0.5, 0.6) is 0 Å². The van der Waals surface area contributed by atoms with E-state index in [2.05, 4.69) is 38.3 Å². The van der Waals surface area contributed by atoms with Gasteiger partial charge in [0.25, 0.3) is 0 Å². The van der Waals surface area contributed by atoms with Crippen molar-refractivity contribution in [1.82, 2.24) is 10.6 Å². The smallest absolute Gasteiger partial charge is 0.315 e. The van der Waals surface area contributed by atoms with Crippen molar-refractivity contribution in [2.24, 2.45) is 16.7 Å². The van der Waals surface area contributed by atoms with Gasteiger partial charge in [-0.15, -0.1) is 0 Å². The first kappa shape index (κ1) is 12.7. The van der Waals surface area contributed by atoms with Crippen LogP contribution in [0.1, 0.15) is 53.4 Å². The minimum Gasteiger partial charge on any atom is -0.338 e. The van der Waals surface area contributed by atoms with E-state index in [0.29, 0.717) is 22.8 Å². The third-order valence-electron chi connectivity index (χ3n) is 5.48. The van der Waals surface area contributed by atoms with Crippen LogP contribution in [0, 0.1) is 16.7 Å². The van der Waals surface area contributed by atoms with Crippen molar-refractivity contribution in [2.75, 3.05) is 6.54 Å². The highest BCUT2D eigenvalue weighted by Gasteiger charge is 2.64. The highest BCUT2D eigenvalue weighted by atomic mass is 16.2. The van der Waals surface area contributed by atoms with E-state index in [1.807, 2.05) is 0 Å². The zero-order chi connectivity index (χ0) is 12.7. The van der Waals surface area contributed by atoms with E-state index in [0.717, 1.165) is 19.4 Å². The molecule has 2 fully saturated rings. The van der Waals surface area contributed by atoms with Crippen molar-refractivity contribution < 1.29 is 4.79 Å². The number of carbonyl (C=O) groups is 1.